The third-order valence-corrected chi connectivity index (χ3v) is 3.16. The average molecular weight is 229 g/mol. The van der Waals surface area contributed by atoms with Gasteiger partial charge in [-0.2, -0.15) is 0 Å². The lowest BCUT2D eigenvalue weighted by molar-refractivity contribution is 0.269. The molecule has 0 aromatic heterocycles. The number of hydrogen-bond acceptors (Lipinski definition) is 2. The molecule has 0 atom stereocenters. The molecule has 0 heterocycles. The zero-order valence-electron chi connectivity index (χ0n) is 10.3. The lowest BCUT2D eigenvalue weighted by Crippen LogP contribution is -2.25. The van der Waals surface area contributed by atoms with E-state index in [0.717, 1.165) is 24.7 Å². The number of benzene rings is 1. The van der Waals surface area contributed by atoms with E-state index in [9.17, 15) is 0 Å². The minimum atomic E-state index is -0.0749. The highest BCUT2D eigenvalue weighted by Crippen LogP contribution is 2.28. The maximum Gasteiger partial charge on any atom is 0.104 e. The van der Waals surface area contributed by atoms with Crippen LogP contribution < -0.4 is 0 Å². The fourth-order valence-corrected chi connectivity index (χ4v) is 2.07. The van der Waals surface area contributed by atoms with Gasteiger partial charge >= 0.3 is 0 Å². The van der Waals surface area contributed by atoms with Crippen molar-refractivity contribution in [2.45, 2.75) is 32.4 Å². The van der Waals surface area contributed by atoms with E-state index in [1.807, 2.05) is 12.1 Å². The summed E-state index contributed by atoms with van der Waals surface area (Å²) in [5.41, 5.74) is 2.31. The molecular formula is C15H19NO. The van der Waals surface area contributed by atoms with Crippen LogP contribution in [0.5, 0.6) is 0 Å². The van der Waals surface area contributed by atoms with Gasteiger partial charge in [-0.25, -0.2) is 0 Å². The van der Waals surface area contributed by atoms with Gasteiger partial charge in [-0.1, -0.05) is 37.0 Å². The molecule has 0 saturated heterocycles. The monoisotopic (exact) mass is 229 g/mol. The normalized spacial score (nSPS) is 14.5. The molecule has 1 aromatic carbocycles. The van der Waals surface area contributed by atoms with Crippen molar-refractivity contribution in [3.63, 3.8) is 0 Å². The van der Waals surface area contributed by atoms with E-state index in [0.29, 0.717) is 0 Å². The largest absolute Gasteiger partial charge is 0.384 e. The SMILES string of the molecule is CCN(Cc1ccccc1C#CCO)C1CC1. The van der Waals surface area contributed by atoms with Crippen LogP contribution in [0.3, 0.4) is 0 Å². The minimum Gasteiger partial charge on any atom is -0.384 e. The molecule has 1 aliphatic carbocycles. The Morgan fingerprint density at radius 3 is 2.76 bits per heavy atom. The van der Waals surface area contributed by atoms with Gasteiger partial charge in [-0.3, -0.25) is 4.90 Å². The highest BCUT2D eigenvalue weighted by molar-refractivity contribution is 5.41. The first-order valence-corrected chi connectivity index (χ1v) is 6.26. The summed E-state index contributed by atoms with van der Waals surface area (Å²) in [7, 11) is 0. The lowest BCUT2D eigenvalue weighted by atomic mass is 10.1. The van der Waals surface area contributed by atoms with E-state index in [2.05, 4.69) is 35.8 Å². The molecule has 0 radical (unpaired) electrons. The summed E-state index contributed by atoms with van der Waals surface area (Å²) >= 11 is 0. The van der Waals surface area contributed by atoms with Gasteiger partial charge in [0.2, 0.25) is 0 Å². The standard InChI is InChI=1S/C15H19NO/c1-2-16(15-9-10-15)12-14-7-4-3-6-13(14)8-5-11-17/h3-4,6-7,15,17H,2,9-12H2,1H3. The van der Waals surface area contributed by atoms with Gasteiger partial charge in [-0.05, 0) is 31.0 Å². The third kappa shape index (κ3) is 3.33. The quantitative estimate of drug-likeness (QED) is 0.798. The van der Waals surface area contributed by atoms with Gasteiger partial charge < -0.3 is 5.11 Å². The van der Waals surface area contributed by atoms with Crippen molar-refractivity contribution in [1.82, 2.24) is 4.90 Å². The third-order valence-electron chi connectivity index (χ3n) is 3.16. The Kier molecular flexibility index (Phi) is 4.19. The molecule has 2 heteroatoms. The summed E-state index contributed by atoms with van der Waals surface area (Å²) in [5.74, 6) is 5.75. The molecule has 90 valence electrons. The highest BCUT2D eigenvalue weighted by Gasteiger charge is 2.27. The number of nitrogens with zero attached hydrogens (tertiary/aromatic N) is 1. The molecule has 0 bridgehead atoms. The smallest absolute Gasteiger partial charge is 0.104 e. The molecular weight excluding hydrogens is 210 g/mol. The zero-order chi connectivity index (χ0) is 12.1. The highest BCUT2D eigenvalue weighted by atomic mass is 16.2. The molecule has 1 saturated carbocycles. The van der Waals surface area contributed by atoms with Crippen LogP contribution in [0.25, 0.3) is 0 Å². The summed E-state index contributed by atoms with van der Waals surface area (Å²) in [6, 6.07) is 8.99. The topological polar surface area (TPSA) is 23.5 Å². The maximum atomic E-state index is 8.76. The van der Waals surface area contributed by atoms with Gasteiger partial charge in [0.25, 0.3) is 0 Å². The van der Waals surface area contributed by atoms with E-state index in [1.165, 1.54) is 18.4 Å². The molecule has 0 spiro atoms. The van der Waals surface area contributed by atoms with Crippen molar-refractivity contribution >= 4 is 0 Å². The van der Waals surface area contributed by atoms with Crippen LogP contribution >= 0.6 is 0 Å². The predicted octanol–water partition coefficient (Wildman–Crippen LogP) is 2.01. The Labute approximate surface area is 103 Å². The first-order chi connectivity index (χ1) is 8.35. The van der Waals surface area contributed by atoms with Crippen molar-refractivity contribution in [3.8, 4) is 11.8 Å². The molecule has 0 unspecified atom stereocenters. The van der Waals surface area contributed by atoms with E-state index in [1.54, 1.807) is 0 Å². The second-order valence-electron chi connectivity index (χ2n) is 4.41. The Morgan fingerprint density at radius 1 is 1.35 bits per heavy atom. The fourth-order valence-electron chi connectivity index (χ4n) is 2.07. The van der Waals surface area contributed by atoms with Crippen molar-refractivity contribution in [2.24, 2.45) is 0 Å². The van der Waals surface area contributed by atoms with Gasteiger partial charge in [0.1, 0.15) is 6.61 Å². The molecule has 0 aliphatic heterocycles. The summed E-state index contributed by atoms with van der Waals surface area (Å²) in [6.45, 7) is 4.19. The van der Waals surface area contributed by atoms with Crippen LogP contribution in [0.15, 0.2) is 24.3 Å². The Bertz CT molecular complexity index is 426. The molecule has 17 heavy (non-hydrogen) atoms. The average Bonchev–Trinajstić information content (AvgIpc) is 3.19. The van der Waals surface area contributed by atoms with Gasteiger partial charge in [-0.15, -0.1) is 0 Å². The van der Waals surface area contributed by atoms with Crippen molar-refractivity contribution < 1.29 is 5.11 Å². The molecule has 2 nitrogen and oxygen atoms in total. The summed E-state index contributed by atoms with van der Waals surface area (Å²) in [4.78, 5) is 2.50. The summed E-state index contributed by atoms with van der Waals surface area (Å²) in [6.07, 6.45) is 2.66. The predicted molar refractivity (Wildman–Crippen MR) is 69.5 cm³/mol. The lowest BCUT2D eigenvalue weighted by Gasteiger charge is -2.20. The molecule has 1 aliphatic rings. The summed E-state index contributed by atoms with van der Waals surface area (Å²) in [5, 5.41) is 8.76. The maximum absolute atomic E-state index is 8.76. The second-order valence-corrected chi connectivity index (χ2v) is 4.41. The first kappa shape index (κ1) is 12.2. The van der Waals surface area contributed by atoms with Crippen LogP contribution in [-0.4, -0.2) is 29.2 Å². The van der Waals surface area contributed by atoms with Crippen molar-refractivity contribution in [3.05, 3.63) is 35.4 Å². The summed E-state index contributed by atoms with van der Waals surface area (Å²) < 4.78 is 0. The fraction of sp³-hybridized carbons (Fsp3) is 0.467. The Hall–Kier alpha value is -1.30. The Morgan fingerprint density at radius 2 is 2.12 bits per heavy atom. The minimum absolute atomic E-state index is 0.0749. The second kappa shape index (κ2) is 5.86. The zero-order valence-corrected chi connectivity index (χ0v) is 10.3. The molecule has 2 rings (SSSR count). The molecule has 1 N–H and O–H groups in total. The van der Waals surface area contributed by atoms with E-state index in [-0.39, 0.29) is 6.61 Å². The van der Waals surface area contributed by atoms with Gasteiger partial charge in [0.05, 0.1) is 0 Å². The van der Waals surface area contributed by atoms with Crippen LogP contribution in [-0.2, 0) is 6.54 Å². The van der Waals surface area contributed by atoms with Crippen LogP contribution in [0, 0.1) is 11.8 Å². The first-order valence-electron chi connectivity index (χ1n) is 6.26. The van der Waals surface area contributed by atoms with E-state index >= 15 is 0 Å². The van der Waals surface area contributed by atoms with Crippen molar-refractivity contribution in [1.29, 1.82) is 0 Å². The van der Waals surface area contributed by atoms with Crippen LogP contribution in [0.2, 0.25) is 0 Å². The van der Waals surface area contributed by atoms with E-state index < -0.39 is 0 Å². The van der Waals surface area contributed by atoms with Crippen molar-refractivity contribution in [2.75, 3.05) is 13.2 Å². The number of aliphatic hydroxyl groups is 1. The number of rotatable bonds is 4. The molecule has 1 fully saturated rings. The Balaban J connectivity index is 2.13. The van der Waals surface area contributed by atoms with Crippen LogP contribution in [0.4, 0.5) is 0 Å². The number of hydrogen-bond donors (Lipinski definition) is 1. The van der Waals surface area contributed by atoms with E-state index in [4.69, 9.17) is 5.11 Å². The molecule has 1 aromatic rings. The number of aliphatic hydroxyl groups excluding tert-OH is 1. The molecule has 0 amide bonds. The van der Waals surface area contributed by atoms with Gasteiger partial charge in [0.15, 0.2) is 0 Å². The van der Waals surface area contributed by atoms with Crippen LogP contribution in [0.1, 0.15) is 30.9 Å². The van der Waals surface area contributed by atoms with Gasteiger partial charge in [0, 0.05) is 18.2 Å².